The number of amides is 1. The van der Waals surface area contributed by atoms with E-state index in [0.717, 1.165) is 64.5 Å². The van der Waals surface area contributed by atoms with E-state index in [0.29, 0.717) is 17.9 Å². The van der Waals surface area contributed by atoms with E-state index >= 15 is 0 Å². The van der Waals surface area contributed by atoms with E-state index in [1.54, 1.807) is 0 Å². The van der Waals surface area contributed by atoms with Gasteiger partial charge in [0, 0.05) is 51.7 Å². The average molecular weight is 561 g/mol. The second-order valence-electron chi connectivity index (χ2n) is 9.89. The summed E-state index contributed by atoms with van der Waals surface area (Å²) >= 11 is 0. The number of likely N-dealkylation sites (tertiary alicyclic amines) is 2. The van der Waals surface area contributed by atoms with Gasteiger partial charge in [-0.15, -0.1) is 24.0 Å². The predicted octanol–water partition coefficient (Wildman–Crippen LogP) is 4.00. The second kappa shape index (κ2) is 12.1. The molecule has 0 aliphatic carbocycles. The van der Waals surface area contributed by atoms with Crippen LogP contribution in [0.3, 0.4) is 0 Å². The standard InChI is InChI=1S/C23H40N6O2.HI/c1-6-25-21(28-11-7-18(2)20(16-28)29-14-10-24-17-29)26-15-19-8-12-27(13-9-19)22(30)31-23(3,4)5;/h10,14,17-20H,6-9,11-13,15-16H2,1-5H3,(H,25,26);1H. The molecule has 1 N–H and O–H groups in total. The Hall–Kier alpha value is -1.52. The lowest BCUT2D eigenvalue weighted by Gasteiger charge is -2.39. The Kier molecular flexibility index (Phi) is 10.1. The van der Waals surface area contributed by atoms with E-state index < -0.39 is 5.60 Å². The van der Waals surface area contributed by atoms with Gasteiger partial charge < -0.3 is 24.4 Å². The molecule has 2 atom stereocenters. The number of nitrogens with one attached hydrogen (secondary N) is 1. The summed E-state index contributed by atoms with van der Waals surface area (Å²) in [6, 6.07) is 0.414. The highest BCUT2D eigenvalue weighted by molar-refractivity contribution is 14.0. The summed E-state index contributed by atoms with van der Waals surface area (Å²) in [4.78, 5) is 25.7. The molecule has 0 spiro atoms. The SMILES string of the molecule is CCNC(=NCC1CCN(C(=O)OC(C)(C)C)CC1)N1CCC(C)C(n2ccnc2)C1.I. The van der Waals surface area contributed by atoms with Crippen LogP contribution in [0.15, 0.2) is 23.7 Å². The fourth-order valence-corrected chi connectivity index (χ4v) is 4.36. The maximum Gasteiger partial charge on any atom is 0.410 e. The van der Waals surface area contributed by atoms with E-state index in [9.17, 15) is 4.79 Å². The predicted molar refractivity (Wildman–Crippen MR) is 139 cm³/mol. The number of halogens is 1. The zero-order valence-electron chi connectivity index (χ0n) is 20.3. The summed E-state index contributed by atoms with van der Waals surface area (Å²) in [6.07, 6.45) is 8.72. The van der Waals surface area contributed by atoms with E-state index in [-0.39, 0.29) is 30.1 Å². The zero-order valence-corrected chi connectivity index (χ0v) is 22.6. The number of nitrogens with zero attached hydrogens (tertiary/aromatic N) is 5. The van der Waals surface area contributed by atoms with E-state index in [1.807, 2.05) is 38.2 Å². The lowest BCUT2D eigenvalue weighted by molar-refractivity contribution is 0.0187. The van der Waals surface area contributed by atoms with Gasteiger partial charge in [0.1, 0.15) is 5.60 Å². The molecule has 2 aliphatic heterocycles. The molecule has 0 radical (unpaired) electrons. The molecular weight excluding hydrogens is 519 g/mol. The first-order valence-electron chi connectivity index (χ1n) is 11.8. The van der Waals surface area contributed by atoms with Crippen molar-refractivity contribution in [2.75, 3.05) is 39.3 Å². The third-order valence-corrected chi connectivity index (χ3v) is 6.23. The Labute approximate surface area is 210 Å². The van der Waals surface area contributed by atoms with Crippen molar-refractivity contribution in [2.45, 2.75) is 65.5 Å². The summed E-state index contributed by atoms with van der Waals surface area (Å²) in [5, 5.41) is 3.49. The van der Waals surface area contributed by atoms with Gasteiger partial charge in [0.15, 0.2) is 5.96 Å². The number of imidazole rings is 1. The smallest absolute Gasteiger partial charge is 0.410 e. The van der Waals surface area contributed by atoms with Gasteiger partial charge in [0.2, 0.25) is 0 Å². The van der Waals surface area contributed by atoms with Crippen molar-refractivity contribution in [1.29, 1.82) is 0 Å². The molecule has 1 aromatic rings. The minimum absolute atomic E-state index is 0. The molecular formula is C23H41IN6O2. The minimum Gasteiger partial charge on any atom is -0.444 e. The summed E-state index contributed by atoms with van der Waals surface area (Å²) in [7, 11) is 0. The molecule has 3 rings (SSSR count). The Bertz CT molecular complexity index is 725. The number of aliphatic imine (C=N–C) groups is 1. The van der Waals surface area contributed by atoms with Gasteiger partial charge in [-0.2, -0.15) is 0 Å². The molecule has 1 aromatic heterocycles. The van der Waals surface area contributed by atoms with Crippen molar-refractivity contribution in [1.82, 2.24) is 24.7 Å². The van der Waals surface area contributed by atoms with Crippen LogP contribution in [0.4, 0.5) is 4.79 Å². The number of carbonyl (C=O) groups excluding carboxylic acids is 1. The summed E-state index contributed by atoms with van der Waals surface area (Å²) in [6.45, 7) is 15.3. The van der Waals surface area contributed by atoms with Crippen LogP contribution >= 0.6 is 24.0 Å². The van der Waals surface area contributed by atoms with Crippen LogP contribution in [0.25, 0.3) is 0 Å². The van der Waals surface area contributed by atoms with Crippen LogP contribution in [0.5, 0.6) is 0 Å². The summed E-state index contributed by atoms with van der Waals surface area (Å²) in [5.74, 6) is 2.13. The summed E-state index contributed by atoms with van der Waals surface area (Å²) < 4.78 is 7.74. The highest BCUT2D eigenvalue weighted by Gasteiger charge is 2.30. The van der Waals surface area contributed by atoms with E-state index in [2.05, 4.69) is 39.8 Å². The second-order valence-corrected chi connectivity index (χ2v) is 9.89. The highest BCUT2D eigenvalue weighted by atomic mass is 127. The fourth-order valence-electron chi connectivity index (χ4n) is 4.36. The van der Waals surface area contributed by atoms with Crippen LogP contribution in [-0.2, 0) is 4.74 Å². The molecule has 3 heterocycles. The third-order valence-electron chi connectivity index (χ3n) is 6.23. The molecule has 0 saturated carbocycles. The van der Waals surface area contributed by atoms with Gasteiger partial charge in [-0.05, 0) is 58.8 Å². The zero-order chi connectivity index (χ0) is 22.4. The molecule has 32 heavy (non-hydrogen) atoms. The third kappa shape index (κ3) is 7.52. The number of guanidine groups is 1. The number of ether oxygens (including phenoxy) is 1. The van der Waals surface area contributed by atoms with Crippen molar-refractivity contribution in [3.05, 3.63) is 18.7 Å². The van der Waals surface area contributed by atoms with Crippen molar-refractivity contribution in [2.24, 2.45) is 16.8 Å². The van der Waals surface area contributed by atoms with Crippen LogP contribution in [0, 0.1) is 11.8 Å². The molecule has 2 aliphatic rings. The van der Waals surface area contributed by atoms with Gasteiger partial charge in [0.25, 0.3) is 0 Å². The Morgan fingerprint density at radius 2 is 1.88 bits per heavy atom. The van der Waals surface area contributed by atoms with Crippen LogP contribution in [0.2, 0.25) is 0 Å². The normalized spacial score (nSPS) is 23.0. The Morgan fingerprint density at radius 3 is 2.47 bits per heavy atom. The lowest BCUT2D eigenvalue weighted by atomic mass is 9.93. The Morgan fingerprint density at radius 1 is 1.19 bits per heavy atom. The number of piperidine rings is 2. The molecule has 182 valence electrons. The monoisotopic (exact) mass is 560 g/mol. The summed E-state index contributed by atoms with van der Waals surface area (Å²) in [5.41, 5.74) is -0.445. The number of hydrogen-bond acceptors (Lipinski definition) is 4. The van der Waals surface area contributed by atoms with Crippen LogP contribution in [0.1, 0.15) is 59.9 Å². The van der Waals surface area contributed by atoms with Crippen LogP contribution < -0.4 is 5.32 Å². The van der Waals surface area contributed by atoms with Crippen molar-refractivity contribution in [3.8, 4) is 0 Å². The van der Waals surface area contributed by atoms with Gasteiger partial charge in [0.05, 0.1) is 12.4 Å². The molecule has 2 fully saturated rings. The van der Waals surface area contributed by atoms with Crippen molar-refractivity contribution in [3.63, 3.8) is 0 Å². The molecule has 1 amide bonds. The highest BCUT2D eigenvalue weighted by Crippen LogP contribution is 2.27. The molecule has 2 saturated heterocycles. The first-order chi connectivity index (χ1) is 14.8. The van der Waals surface area contributed by atoms with Gasteiger partial charge in [-0.3, -0.25) is 4.99 Å². The van der Waals surface area contributed by atoms with Crippen molar-refractivity contribution < 1.29 is 9.53 Å². The van der Waals surface area contributed by atoms with E-state index in [4.69, 9.17) is 9.73 Å². The maximum atomic E-state index is 12.3. The van der Waals surface area contributed by atoms with E-state index in [1.165, 1.54) is 0 Å². The first kappa shape index (κ1) is 26.7. The molecule has 0 bridgehead atoms. The van der Waals surface area contributed by atoms with Crippen molar-refractivity contribution >= 4 is 36.0 Å². The average Bonchev–Trinajstić information content (AvgIpc) is 3.25. The van der Waals surface area contributed by atoms with Gasteiger partial charge >= 0.3 is 6.09 Å². The van der Waals surface area contributed by atoms with Gasteiger partial charge in [-0.1, -0.05) is 6.92 Å². The first-order valence-corrected chi connectivity index (χ1v) is 11.8. The fraction of sp³-hybridized carbons (Fsp3) is 0.783. The number of aromatic nitrogens is 2. The quantitative estimate of drug-likeness (QED) is 0.343. The maximum absolute atomic E-state index is 12.3. The number of hydrogen-bond donors (Lipinski definition) is 1. The topological polar surface area (TPSA) is 75.0 Å². The molecule has 0 aromatic carbocycles. The molecule has 2 unspecified atom stereocenters. The van der Waals surface area contributed by atoms with Crippen LogP contribution in [-0.4, -0.2) is 76.3 Å². The number of carbonyl (C=O) groups is 1. The lowest BCUT2D eigenvalue weighted by Crippen LogP contribution is -2.49. The molecule has 8 nitrogen and oxygen atoms in total. The number of rotatable bonds is 4. The molecule has 9 heteroatoms. The van der Waals surface area contributed by atoms with Gasteiger partial charge in [-0.25, -0.2) is 9.78 Å². The Balaban J connectivity index is 0.00000363. The largest absolute Gasteiger partial charge is 0.444 e. The minimum atomic E-state index is -0.445.